The average Bonchev–Trinajstić information content (AvgIpc) is 2.55. The maximum absolute atomic E-state index is 12.2. The fraction of sp³-hybridized carbons (Fsp3) is 0.529. The van der Waals surface area contributed by atoms with E-state index in [1.54, 1.807) is 11.1 Å². The Bertz CT molecular complexity index is 484. The number of rotatable bonds is 5. The summed E-state index contributed by atoms with van der Waals surface area (Å²) in [4.78, 5) is 18.2. The van der Waals surface area contributed by atoms with E-state index in [1.165, 1.54) is 31.3 Å². The molecule has 0 bridgehead atoms. The molecule has 1 N–H and O–H groups in total. The van der Waals surface area contributed by atoms with Crippen LogP contribution in [0, 0.1) is 0 Å². The van der Waals surface area contributed by atoms with Gasteiger partial charge in [0.15, 0.2) is 0 Å². The lowest BCUT2D eigenvalue weighted by Gasteiger charge is -2.25. The molecule has 0 aliphatic heterocycles. The monoisotopic (exact) mass is 287 g/mol. The van der Waals surface area contributed by atoms with Crippen molar-refractivity contribution in [3.05, 3.63) is 41.7 Å². The number of nitrogens with zero attached hydrogens (tertiary/aromatic N) is 2. The van der Waals surface area contributed by atoms with Crippen molar-refractivity contribution in [2.45, 2.75) is 45.1 Å². The van der Waals surface area contributed by atoms with Crippen LogP contribution in [0.3, 0.4) is 0 Å². The van der Waals surface area contributed by atoms with Gasteiger partial charge in [0.25, 0.3) is 0 Å². The zero-order chi connectivity index (χ0) is 15.1. The molecule has 114 valence electrons. The first-order chi connectivity index (χ1) is 10.2. The van der Waals surface area contributed by atoms with E-state index < -0.39 is 0 Å². The Labute approximate surface area is 127 Å². The van der Waals surface area contributed by atoms with E-state index in [9.17, 15) is 4.79 Å². The predicted octanol–water partition coefficient (Wildman–Crippen LogP) is 3.67. The predicted molar refractivity (Wildman–Crippen MR) is 85.0 cm³/mol. The molecule has 2 rings (SSSR count). The Balaban J connectivity index is 1.78. The van der Waals surface area contributed by atoms with Gasteiger partial charge in [-0.25, -0.2) is 4.79 Å². The van der Waals surface area contributed by atoms with E-state index in [1.807, 2.05) is 32.2 Å². The lowest BCUT2D eigenvalue weighted by atomic mass is 9.97. The normalized spacial score (nSPS) is 16.0. The third-order valence-electron chi connectivity index (χ3n) is 4.12. The van der Waals surface area contributed by atoms with Crippen molar-refractivity contribution < 1.29 is 4.79 Å². The fourth-order valence-corrected chi connectivity index (χ4v) is 2.58. The van der Waals surface area contributed by atoms with E-state index in [-0.39, 0.29) is 12.1 Å². The van der Waals surface area contributed by atoms with Crippen molar-refractivity contribution in [1.29, 1.82) is 0 Å². The van der Waals surface area contributed by atoms with Gasteiger partial charge in [0, 0.05) is 19.8 Å². The maximum Gasteiger partial charge on any atom is 0.317 e. The number of carbonyl (C=O) groups excluding carboxylic acids is 1. The molecule has 1 aliphatic carbocycles. The minimum atomic E-state index is -0.0374. The summed E-state index contributed by atoms with van der Waals surface area (Å²) in [6, 6.07) is 5.71. The third-order valence-corrected chi connectivity index (χ3v) is 4.12. The van der Waals surface area contributed by atoms with Crippen molar-refractivity contribution >= 4 is 6.03 Å². The Kier molecular flexibility index (Phi) is 5.78. The Hall–Kier alpha value is -1.84. The van der Waals surface area contributed by atoms with Crippen LogP contribution >= 0.6 is 0 Å². The van der Waals surface area contributed by atoms with Gasteiger partial charge in [-0.1, -0.05) is 17.7 Å². The molecule has 1 heterocycles. The molecule has 2 amide bonds. The summed E-state index contributed by atoms with van der Waals surface area (Å²) in [5.74, 6) is 0. The lowest BCUT2D eigenvalue weighted by Crippen LogP contribution is -2.39. The molecular formula is C17H25N3O. The summed E-state index contributed by atoms with van der Waals surface area (Å²) < 4.78 is 0. The summed E-state index contributed by atoms with van der Waals surface area (Å²) in [6.07, 6.45) is 10.0. The number of aromatic nitrogens is 1. The highest BCUT2D eigenvalue weighted by Gasteiger charge is 2.17. The van der Waals surface area contributed by atoms with Gasteiger partial charge in [0.2, 0.25) is 0 Å². The Morgan fingerprint density at radius 1 is 1.43 bits per heavy atom. The number of allylic oxidation sites excluding steroid dienone is 1. The van der Waals surface area contributed by atoms with Gasteiger partial charge in [-0.2, -0.15) is 0 Å². The highest BCUT2D eigenvalue weighted by molar-refractivity contribution is 5.74. The quantitative estimate of drug-likeness (QED) is 0.840. The number of hydrogen-bond donors (Lipinski definition) is 1. The van der Waals surface area contributed by atoms with Gasteiger partial charge in [-0.05, 0) is 51.2 Å². The average molecular weight is 287 g/mol. The highest BCUT2D eigenvalue weighted by Crippen LogP contribution is 2.19. The molecule has 1 aromatic heterocycles. The number of hydrogen-bond acceptors (Lipinski definition) is 2. The molecule has 4 nitrogen and oxygen atoms in total. The summed E-state index contributed by atoms with van der Waals surface area (Å²) in [6.45, 7) is 2.70. The zero-order valence-electron chi connectivity index (χ0n) is 13.0. The van der Waals surface area contributed by atoms with Gasteiger partial charge >= 0.3 is 6.03 Å². The summed E-state index contributed by atoms with van der Waals surface area (Å²) in [5, 5.41) is 3.00. The molecular weight excluding hydrogens is 262 g/mol. The molecule has 1 atom stereocenters. The first-order valence-corrected chi connectivity index (χ1v) is 7.78. The van der Waals surface area contributed by atoms with E-state index in [2.05, 4.69) is 16.4 Å². The summed E-state index contributed by atoms with van der Waals surface area (Å²) in [5.41, 5.74) is 2.40. The first-order valence-electron chi connectivity index (χ1n) is 7.78. The second kappa shape index (κ2) is 7.81. The number of amides is 2. The van der Waals surface area contributed by atoms with Crippen LogP contribution in [-0.4, -0.2) is 29.5 Å². The molecule has 1 unspecified atom stereocenters. The molecule has 1 aromatic rings. The topological polar surface area (TPSA) is 45.2 Å². The zero-order valence-corrected chi connectivity index (χ0v) is 13.0. The van der Waals surface area contributed by atoms with E-state index in [0.29, 0.717) is 6.54 Å². The van der Waals surface area contributed by atoms with Gasteiger partial charge in [0.1, 0.15) is 0 Å². The molecule has 4 heteroatoms. The minimum Gasteiger partial charge on any atom is -0.338 e. The molecule has 0 aromatic carbocycles. The SMILES string of the molecule is CC(c1ccccn1)N(C)C(=O)NCCC1=CCCCC1. The highest BCUT2D eigenvalue weighted by atomic mass is 16.2. The van der Waals surface area contributed by atoms with Crippen LogP contribution in [0.4, 0.5) is 4.79 Å². The number of carbonyl (C=O) groups is 1. The third kappa shape index (κ3) is 4.59. The molecule has 0 spiro atoms. The summed E-state index contributed by atoms with van der Waals surface area (Å²) in [7, 11) is 1.81. The van der Waals surface area contributed by atoms with E-state index in [4.69, 9.17) is 0 Å². The standard InChI is InChI=1S/C17H25N3O/c1-14(16-10-6-7-12-18-16)20(2)17(21)19-13-11-15-8-4-3-5-9-15/h6-8,10,12,14H,3-5,9,11,13H2,1-2H3,(H,19,21). The molecule has 0 fully saturated rings. The fourth-order valence-electron chi connectivity index (χ4n) is 2.58. The molecule has 1 aliphatic rings. The van der Waals surface area contributed by atoms with Crippen LogP contribution in [0.1, 0.15) is 50.8 Å². The molecule has 21 heavy (non-hydrogen) atoms. The van der Waals surface area contributed by atoms with Crippen LogP contribution in [-0.2, 0) is 0 Å². The smallest absolute Gasteiger partial charge is 0.317 e. The van der Waals surface area contributed by atoms with Gasteiger partial charge in [-0.3, -0.25) is 4.98 Å². The van der Waals surface area contributed by atoms with Crippen LogP contribution in [0.5, 0.6) is 0 Å². The molecule has 0 saturated heterocycles. The van der Waals surface area contributed by atoms with Gasteiger partial charge in [-0.15, -0.1) is 0 Å². The molecule has 0 saturated carbocycles. The Morgan fingerprint density at radius 2 is 2.29 bits per heavy atom. The summed E-state index contributed by atoms with van der Waals surface area (Å²) >= 11 is 0. The van der Waals surface area contributed by atoms with Crippen molar-refractivity contribution in [3.8, 4) is 0 Å². The largest absolute Gasteiger partial charge is 0.338 e. The first kappa shape index (κ1) is 15.5. The van der Waals surface area contributed by atoms with Crippen LogP contribution < -0.4 is 5.32 Å². The van der Waals surface area contributed by atoms with Crippen LogP contribution in [0.2, 0.25) is 0 Å². The van der Waals surface area contributed by atoms with Crippen LogP contribution in [0.25, 0.3) is 0 Å². The van der Waals surface area contributed by atoms with E-state index in [0.717, 1.165) is 12.1 Å². The lowest BCUT2D eigenvalue weighted by molar-refractivity contribution is 0.193. The maximum atomic E-state index is 12.2. The van der Waals surface area contributed by atoms with Crippen LogP contribution in [0.15, 0.2) is 36.0 Å². The van der Waals surface area contributed by atoms with Crippen molar-refractivity contribution in [2.24, 2.45) is 0 Å². The molecule has 0 radical (unpaired) electrons. The van der Waals surface area contributed by atoms with Crippen molar-refractivity contribution in [2.75, 3.05) is 13.6 Å². The second-order valence-electron chi connectivity index (χ2n) is 5.63. The van der Waals surface area contributed by atoms with Gasteiger partial charge in [0.05, 0.1) is 11.7 Å². The van der Waals surface area contributed by atoms with Crippen molar-refractivity contribution in [3.63, 3.8) is 0 Å². The second-order valence-corrected chi connectivity index (χ2v) is 5.63. The van der Waals surface area contributed by atoms with E-state index >= 15 is 0 Å². The number of nitrogens with one attached hydrogen (secondary N) is 1. The van der Waals surface area contributed by atoms with Crippen molar-refractivity contribution in [1.82, 2.24) is 15.2 Å². The number of urea groups is 1. The number of pyridine rings is 1. The van der Waals surface area contributed by atoms with Gasteiger partial charge < -0.3 is 10.2 Å². The Morgan fingerprint density at radius 3 is 2.95 bits per heavy atom. The minimum absolute atomic E-state index is 0.0277.